The van der Waals surface area contributed by atoms with E-state index in [2.05, 4.69) is 4.74 Å². The molecule has 74 valence electrons. The van der Waals surface area contributed by atoms with Crippen LogP contribution < -0.4 is 0 Å². The summed E-state index contributed by atoms with van der Waals surface area (Å²) in [5.74, 6) is -0.836. The van der Waals surface area contributed by atoms with E-state index in [1.165, 1.54) is 5.41 Å². The molecular formula is C6H7ClO4S2. The average molecular weight is 243 g/mol. The molecule has 0 aliphatic carbocycles. The minimum atomic E-state index is -3.98. The summed E-state index contributed by atoms with van der Waals surface area (Å²) in [4.78, 5) is 11.2. The third-order valence-electron chi connectivity index (χ3n) is 1.63. The van der Waals surface area contributed by atoms with Gasteiger partial charge in [0.1, 0.15) is 0 Å². The van der Waals surface area contributed by atoms with Crippen molar-refractivity contribution in [2.75, 3.05) is 7.11 Å². The topological polar surface area (TPSA) is 60.4 Å². The van der Waals surface area contributed by atoms with E-state index in [-0.39, 0.29) is 6.42 Å². The van der Waals surface area contributed by atoms with E-state index < -0.39 is 19.1 Å². The Labute approximate surface area is 84.7 Å². The van der Waals surface area contributed by atoms with Gasteiger partial charge in [0.15, 0.2) is 0 Å². The van der Waals surface area contributed by atoms with Crippen LogP contribution in [0.15, 0.2) is 11.5 Å². The highest BCUT2D eigenvalue weighted by Gasteiger charge is 2.52. The molecule has 0 N–H and O–H groups in total. The lowest BCUT2D eigenvalue weighted by Crippen LogP contribution is -2.39. The lowest BCUT2D eigenvalue weighted by atomic mass is 10.3. The van der Waals surface area contributed by atoms with Gasteiger partial charge < -0.3 is 4.74 Å². The van der Waals surface area contributed by atoms with E-state index in [0.29, 0.717) is 0 Å². The molecule has 0 amide bonds. The largest absolute Gasteiger partial charge is 0.467 e. The van der Waals surface area contributed by atoms with Crippen molar-refractivity contribution in [3.8, 4) is 0 Å². The predicted octanol–water partition coefficient (Wildman–Crippen LogP) is 1.07. The number of ether oxygens (including phenoxy) is 1. The number of hydrogen-bond donors (Lipinski definition) is 0. The van der Waals surface area contributed by atoms with Crippen LogP contribution in [0.25, 0.3) is 0 Å². The van der Waals surface area contributed by atoms with Crippen LogP contribution in [0.4, 0.5) is 0 Å². The van der Waals surface area contributed by atoms with Gasteiger partial charge in [0.2, 0.25) is 4.08 Å². The van der Waals surface area contributed by atoms with Crippen molar-refractivity contribution in [2.45, 2.75) is 10.5 Å². The summed E-state index contributed by atoms with van der Waals surface area (Å²) >= 11 is 0.854. The fraction of sp³-hybridized carbons (Fsp3) is 0.500. The summed E-state index contributed by atoms with van der Waals surface area (Å²) in [7, 11) is 2.33. The van der Waals surface area contributed by atoms with Gasteiger partial charge in [-0.05, 0) is 5.41 Å². The van der Waals surface area contributed by atoms with Gasteiger partial charge in [-0.2, -0.15) is 0 Å². The molecule has 13 heavy (non-hydrogen) atoms. The molecule has 1 unspecified atom stereocenters. The number of rotatable bonds is 2. The number of hydrogen-bond acceptors (Lipinski definition) is 5. The van der Waals surface area contributed by atoms with Crippen LogP contribution in [-0.4, -0.2) is 25.6 Å². The Hall–Kier alpha value is -0.200. The van der Waals surface area contributed by atoms with Crippen molar-refractivity contribution in [1.29, 1.82) is 0 Å². The molecule has 7 heteroatoms. The minimum absolute atomic E-state index is 0.0518. The number of carbonyl (C=O) groups is 1. The molecule has 4 nitrogen and oxygen atoms in total. The summed E-state index contributed by atoms with van der Waals surface area (Å²) < 4.78 is 25.0. The van der Waals surface area contributed by atoms with Crippen LogP contribution in [0.2, 0.25) is 0 Å². The highest BCUT2D eigenvalue weighted by molar-refractivity contribution is 8.27. The molecule has 0 saturated carbocycles. The number of thioether (sulfide) groups is 1. The zero-order valence-electron chi connectivity index (χ0n) is 6.69. The highest BCUT2D eigenvalue weighted by atomic mass is 35.7. The number of allylic oxidation sites excluding steroid dienone is 1. The summed E-state index contributed by atoms with van der Waals surface area (Å²) in [5.41, 5.74) is 0. The van der Waals surface area contributed by atoms with Crippen molar-refractivity contribution in [2.24, 2.45) is 0 Å². The second-order valence-corrected chi connectivity index (χ2v) is 6.63. The van der Waals surface area contributed by atoms with E-state index in [1.54, 1.807) is 6.08 Å². The van der Waals surface area contributed by atoms with Gasteiger partial charge in [0.25, 0.3) is 9.05 Å². The van der Waals surface area contributed by atoms with E-state index >= 15 is 0 Å². The van der Waals surface area contributed by atoms with Gasteiger partial charge in [-0.15, -0.1) is 0 Å². The van der Waals surface area contributed by atoms with Crippen LogP contribution in [-0.2, 0) is 18.6 Å². The Kier molecular flexibility index (Phi) is 2.94. The Morgan fingerprint density at radius 1 is 1.69 bits per heavy atom. The summed E-state index contributed by atoms with van der Waals surface area (Å²) in [5, 5.41) is 1.52. The van der Waals surface area contributed by atoms with Crippen LogP contribution >= 0.6 is 22.4 Å². The number of halogens is 1. The Morgan fingerprint density at radius 3 is 2.62 bits per heavy atom. The minimum Gasteiger partial charge on any atom is -0.467 e. The molecule has 1 aliphatic rings. The molecule has 0 fully saturated rings. The van der Waals surface area contributed by atoms with E-state index in [9.17, 15) is 13.2 Å². The van der Waals surface area contributed by atoms with Gasteiger partial charge in [0, 0.05) is 17.1 Å². The average Bonchev–Trinajstić information content (AvgIpc) is 2.50. The fourth-order valence-corrected chi connectivity index (χ4v) is 3.65. The highest BCUT2D eigenvalue weighted by Crippen LogP contribution is 2.43. The predicted molar refractivity (Wildman–Crippen MR) is 50.9 cm³/mol. The van der Waals surface area contributed by atoms with Crippen molar-refractivity contribution in [3.63, 3.8) is 0 Å². The molecule has 0 aromatic heterocycles. The van der Waals surface area contributed by atoms with Crippen molar-refractivity contribution >= 4 is 37.5 Å². The molecule has 1 atom stereocenters. The van der Waals surface area contributed by atoms with Crippen LogP contribution in [0, 0.1) is 0 Å². The maximum atomic E-state index is 11.2. The summed E-state index contributed by atoms with van der Waals surface area (Å²) in [6, 6.07) is 0. The van der Waals surface area contributed by atoms with Crippen LogP contribution in [0.3, 0.4) is 0 Å². The molecule has 1 aliphatic heterocycles. The third kappa shape index (κ3) is 1.70. The number of methoxy groups -OCH3 is 1. The molecule has 0 spiro atoms. The van der Waals surface area contributed by atoms with Crippen molar-refractivity contribution < 1.29 is 17.9 Å². The number of carbonyl (C=O) groups excluding carboxylic acids is 1. The van der Waals surface area contributed by atoms with E-state index in [1.807, 2.05) is 0 Å². The standard InChI is InChI=1S/C6H7ClO4S2/c1-11-5(8)6(13(7,9)10)3-2-4-12-6/h2,4H,3H2,1H3. The molecule has 0 saturated heterocycles. The molecular weight excluding hydrogens is 236 g/mol. The van der Waals surface area contributed by atoms with Crippen LogP contribution in [0.5, 0.6) is 0 Å². The van der Waals surface area contributed by atoms with Crippen LogP contribution in [0.1, 0.15) is 6.42 Å². The molecule has 0 aromatic rings. The Bertz CT molecular complexity index is 338. The van der Waals surface area contributed by atoms with Gasteiger partial charge in [0.05, 0.1) is 7.11 Å². The zero-order chi connectivity index (χ0) is 10.1. The fourth-order valence-electron chi connectivity index (χ4n) is 0.953. The Balaban J connectivity index is 3.11. The molecule has 1 heterocycles. The Morgan fingerprint density at radius 2 is 2.31 bits per heavy atom. The third-order valence-corrected chi connectivity index (χ3v) is 5.81. The lowest BCUT2D eigenvalue weighted by Gasteiger charge is -2.20. The SMILES string of the molecule is COC(=O)C1(S(=O)(=O)Cl)CC=CS1. The first-order valence-corrected chi connectivity index (χ1v) is 6.48. The van der Waals surface area contributed by atoms with Gasteiger partial charge in [-0.1, -0.05) is 17.8 Å². The maximum absolute atomic E-state index is 11.2. The van der Waals surface area contributed by atoms with Crippen molar-refractivity contribution in [3.05, 3.63) is 11.5 Å². The molecule has 0 aromatic carbocycles. The second-order valence-electron chi connectivity index (χ2n) is 2.38. The van der Waals surface area contributed by atoms with E-state index in [4.69, 9.17) is 10.7 Å². The number of esters is 1. The monoisotopic (exact) mass is 242 g/mol. The summed E-state index contributed by atoms with van der Waals surface area (Å²) in [6.07, 6.45) is 1.62. The molecule has 0 bridgehead atoms. The quantitative estimate of drug-likeness (QED) is 0.536. The second kappa shape index (κ2) is 3.51. The zero-order valence-corrected chi connectivity index (χ0v) is 9.08. The van der Waals surface area contributed by atoms with Crippen molar-refractivity contribution in [1.82, 2.24) is 0 Å². The van der Waals surface area contributed by atoms with Gasteiger partial charge in [-0.25, -0.2) is 13.2 Å². The first kappa shape index (κ1) is 10.9. The normalized spacial score (nSPS) is 27.5. The summed E-state index contributed by atoms with van der Waals surface area (Å²) in [6.45, 7) is 0. The maximum Gasteiger partial charge on any atom is 0.339 e. The lowest BCUT2D eigenvalue weighted by molar-refractivity contribution is -0.140. The molecule has 0 radical (unpaired) electrons. The molecule has 1 rings (SSSR count). The van der Waals surface area contributed by atoms with Gasteiger partial charge in [-0.3, -0.25) is 0 Å². The smallest absolute Gasteiger partial charge is 0.339 e. The first-order chi connectivity index (χ1) is 5.94. The van der Waals surface area contributed by atoms with Gasteiger partial charge >= 0.3 is 5.97 Å². The first-order valence-electron chi connectivity index (χ1n) is 3.29. The van der Waals surface area contributed by atoms with E-state index in [0.717, 1.165) is 18.9 Å².